The van der Waals surface area contributed by atoms with Crippen LogP contribution in [0.25, 0.3) is 0 Å². The quantitative estimate of drug-likeness (QED) is 0.762. The molecule has 3 atom stereocenters. The largest absolute Gasteiger partial charge is 0.330 e. The molecule has 2 aliphatic rings. The highest BCUT2D eigenvalue weighted by molar-refractivity contribution is 4.88. The maximum absolute atomic E-state index is 6.06. The van der Waals surface area contributed by atoms with E-state index < -0.39 is 0 Å². The zero-order valence-corrected chi connectivity index (χ0v) is 13.1. The van der Waals surface area contributed by atoms with Gasteiger partial charge in [-0.05, 0) is 56.5 Å². The van der Waals surface area contributed by atoms with Gasteiger partial charge >= 0.3 is 0 Å². The summed E-state index contributed by atoms with van der Waals surface area (Å²) in [5.41, 5.74) is 6.06. The highest BCUT2D eigenvalue weighted by atomic mass is 15.2. The van der Waals surface area contributed by atoms with E-state index in [1.165, 1.54) is 64.5 Å². The van der Waals surface area contributed by atoms with E-state index in [0.717, 1.165) is 30.3 Å². The summed E-state index contributed by atoms with van der Waals surface area (Å²) in [5.74, 6) is 2.71. The Kier molecular flexibility index (Phi) is 6.15. The predicted molar refractivity (Wildman–Crippen MR) is 83.2 cm³/mol. The van der Waals surface area contributed by atoms with Gasteiger partial charge < -0.3 is 10.6 Å². The molecule has 0 aliphatic heterocycles. The molecule has 0 spiro atoms. The van der Waals surface area contributed by atoms with Crippen molar-refractivity contribution in [2.75, 3.05) is 19.6 Å². The van der Waals surface area contributed by atoms with Crippen LogP contribution >= 0.6 is 0 Å². The number of nitrogens with two attached hydrogens (primary N) is 1. The Bertz CT molecular complexity index is 250. The van der Waals surface area contributed by atoms with E-state index in [-0.39, 0.29) is 0 Å². The molecule has 2 N–H and O–H groups in total. The molecule has 0 aromatic carbocycles. The Morgan fingerprint density at radius 3 is 2.37 bits per heavy atom. The molecule has 2 aliphatic carbocycles. The second kappa shape index (κ2) is 7.64. The minimum atomic E-state index is 0.758. The van der Waals surface area contributed by atoms with Crippen LogP contribution in [0.1, 0.15) is 65.2 Å². The van der Waals surface area contributed by atoms with Crippen molar-refractivity contribution in [2.45, 2.75) is 71.3 Å². The van der Waals surface area contributed by atoms with Crippen LogP contribution in [0.2, 0.25) is 0 Å². The van der Waals surface area contributed by atoms with Crippen LogP contribution in [0, 0.1) is 17.8 Å². The molecule has 2 rings (SSSR count). The van der Waals surface area contributed by atoms with E-state index in [4.69, 9.17) is 5.73 Å². The van der Waals surface area contributed by atoms with Crippen molar-refractivity contribution in [2.24, 2.45) is 23.5 Å². The van der Waals surface area contributed by atoms with E-state index in [0.29, 0.717) is 0 Å². The zero-order chi connectivity index (χ0) is 13.7. The number of nitrogens with zero attached hydrogens (tertiary/aromatic N) is 1. The second-order valence-corrected chi connectivity index (χ2v) is 6.92. The van der Waals surface area contributed by atoms with Gasteiger partial charge in [-0.15, -0.1) is 0 Å². The van der Waals surface area contributed by atoms with Gasteiger partial charge in [-0.2, -0.15) is 0 Å². The fourth-order valence-corrected chi connectivity index (χ4v) is 4.19. The molecule has 2 heteroatoms. The molecule has 0 amide bonds. The standard InChI is InChI=1S/C17H34N2/c1-3-6-14-9-10-16(12-18)17(11-14)19(4-2)13-15-7-5-8-15/h14-17H,3-13,18H2,1-2H3. The molecular formula is C17H34N2. The van der Waals surface area contributed by atoms with Crippen molar-refractivity contribution in [1.82, 2.24) is 4.90 Å². The third-order valence-corrected chi connectivity index (χ3v) is 5.66. The molecule has 0 saturated heterocycles. The molecule has 0 aromatic rings. The first-order chi connectivity index (χ1) is 9.28. The van der Waals surface area contributed by atoms with Gasteiger partial charge in [0.15, 0.2) is 0 Å². The van der Waals surface area contributed by atoms with Gasteiger partial charge in [-0.25, -0.2) is 0 Å². The lowest BCUT2D eigenvalue weighted by Crippen LogP contribution is -2.49. The lowest BCUT2D eigenvalue weighted by Gasteiger charge is -2.44. The molecule has 2 nitrogen and oxygen atoms in total. The smallest absolute Gasteiger partial charge is 0.0138 e. The molecule has 112 valence electrons. The van der Waals surface area contributed by atoms with Crippen LogP contribution < -0.4 is 5.73 Å². The van der Waals surface area contributed by atoms with E-state index in [1.54, 1.807) is 0 Å². The fourth-order valence-electron chi connectivity index (χ4n) is 4.19. The lowest BCUT2D eigenvalue weighted by atomic mass is 9.75. The van der Waals surface area contributed by atoms with Crippen molar-refractivity contribution >= 4 is 0 Å². The summed E-state index contributed by atoms with van der Waals surface area (Å²) in [5, 5.41) is 0. The number of rotatable bonds is 7. The van der Waals surface area contributed by atoms with Crippen LogP contribution in [0.4, 0.5) is 0 Å². The van der Waals surface area contributed by atoms with E-state index in [2.05, 4.69) is 18.7 Å². The van der Waals surface area contributed by atoms with Gasteiger partial charge in [0.2, 0.25) is 0 Å². The Morgan fingerprint density at radius 2 is 1.84 bits per heavy atom. The maximum atomic E-state index is 6.06. The SMILES string of the molecule is CCCC1CCC(CN)C(N(CC)CC2CCC2)C1. The summed E-state index contributed by atoms with van der Waals surface area (Å²) in [6.45, 7) is 8.13. The van der Waals surface area contributed by atoms with Crippen LogP contribution in [0.15, 0.2) is 0 Å². The molecule has 3 unspecified atom stereocenters. The monoisotopic (exact) mass is 266 g/mol. The van der Waals surface area contributed by atoms with Gasteiger partial charge in [0, 0.05) is 12.6 Å². The van der Waals surface area contributed by atoms with Crippen molar-refractivity contribution in [1.29, 1.82) is 0 Å². The van der Waals surface area contributed by atoms with Crippen LogP contribution in [0.3, 0.4) is 0 Å². The maximum Gasteiger partial charge on any atom is 0.0138 e. The summed E-state index contributed by atoms with van der Waals surface area (Å²) in [6, 6.07) is 0.779. The number of hydrogen-bond donors (Lipinski definition) is 1. The minimum absolute atomic E-state index is 0.758. The molecule has 19 heavy (non-hydrogen) atoms. The third-order valence-electron chi connectivity index (χ3n) is 5.66. The molecular weight excluding hydrogens is 232 g/mol. The van der Waals surface area contributed by atoms with Gasteiger partial charge in [-0.1, -0.05) is 39.5 Å². The third kappa shape index (κ3) is 3.95. The molecule has 2 fully saturated rings. The first-order valence-electron chi connectivity index (χ1n) is 8.72. The Hall–Kier alpha value is -0.0800. The summed E-state index contributed by atoms with van der Waals surface area (Å²) < 4.78 is 0. The highest BCUT2D eigenvalue weighted by Crippen LogP contribution is 2.36. The van der Waals surface area contributed by atoms with E-state index in [1.807, 2.05) is 0 Å². The predicted octanol–water partition coefficient (Wildman–Crippen LogP) is 3.65. The van der Waals surface area contributed by atoms with Crippen molar-refractivity contribution in [3.05, 3.63) is 0 Å². The lowest BCUT2D eigenvalue weighted by molar-refractivity contribution is 0.0574. The zero-order valence-electron chi connectivity index (χ0n) is 13.1. The second-order valence-electron chi connectivity index (χ2n) is 6.92. The summed E-state index contributed by atoms with van der Waals surface area (Å²) in [7, 11) is 0. The average molecular weight is 266 g/mol. The minimum Gasteiger partial charge on any atom is -0.330 e. The number of hydrogen-bond acceptors (Lipinski definition) is 2. The normalized spacial score (nSPS) is 32.5. The molecule has 2 saturated carbocycles. The van der Waals surface area contributed by atoms with Crippen molar-refractivity contribution in [3.8, 4) is 0 Å². The fraction of sp³-hybridized carbons (Fsp3) is 1.00. The summed E-state index contributed by atoms with van der Waals surface area (Å²) in [6.07, 6.45) is 11.4. The van der Waals surface area contributed by atoms with Gasteiger partial charge in [0.1, 0.15) is 0 Å². The topological polar surface area (TPSA) is 29.3 Å². The Labute approximate surface area is 120 Å². The first kappa shape index (κ1) is 15.3. The van der Waals surface area contributed by atoms with Crippen LogP contribution in [0.5, 0.6) is 0 Å². The highest BCUT2D eigenvalue weighted by Gasteiger charge is 2.34. The van der Waals surface area contributed by atoms with Crippen molar-refractivity contribution < 1.29 is 0 Å². The van der Waals surface area contributed by atoms with Gasteiger partial charge in [0.25, 0.3) is 0 Å². The molecule has 0 heterocycles. The van der Waals surface area contributed by atoms with Crippen LogP contribution in [-0.2, 0) is 0 Å². The molecule has 0 radical (unpaired) electrons. The molecule has 0 bridgehead atoms. The first-order valence-corrected chi connectivity index (χ1v) is 8.72. The van der Waals surface area contributed by atoms with E-state index >= 15 is 0 Å². The van der Waals surface area contributed by atoms with E-state index in [9.17, 15) is 0 Å². The molecule has 0 aromatic heterocycles. The average Bonchev–Trinajstić information content (AvgIpc) is 2.38. The Morgan fingerprint density at radius 1 is 1.05 bits per heavy atom. The van der Waals surface area contributed by atoms with Crippen LogP contribution in [-0.4, -0.2) is 30.6 Å². The van der Waals surface area contributed by atoms with Gasteiger partial charge in [-0.3, -0.25) is 0 Å². The summed E-state index contributed by atoms with van der Waals surface area (Å²) in [4.78, 5) is 2.78. The Balaban J connectivity index is 1.93. The van der Waals surface area contributed by atoms with Gasteiger partial charge in [0.05, 0.1) is 0 Å². The van der Waals surface area contributed by atoms with Crippen molar-refractivity contribution in [3.63, 3.8) is 0 Å². The summed E-state index contributed by atoms with van der Waals surface area (Å²) >= 11 is 0.